The highest BCUT2D eigenvalue weighted by atomic mass is 79.9. The Kier molecular flexibility index (Phi) is 16.3. The van der Waals surface area contributed by atoms with Gasteiger partial charge in [0.15, 0.2) is 11.6 Å². The van der Waals surface area contributed by atoms with Gasteiger partial charge in [-0.2, -0.15) is 0 Å². The summed E-state index contributed by atoms with van der Waals surface area (Å²) in [5.74, 6) is 0.715. The number of carbonyl (C=O) groups is 6. The third kappa shape index (κ3) is 11.5. The number of ketones is 1. The lowest BCUT2D eigenvalue weighted by molar-refractivity contribution is -0.137. The quantitative estimate of drug-likeness (QED) is 0.0448. The third-order valence-corrected chi connectivity index (χ3v) is 13.1. The van der Waals surface area contributed by atoms with Gasteiger partial charge in [0, 0.05) is 91.4 Å². The molecule has 16 heteroatoms. The van der Waals surface area contributed by atoms with Crippen molar-refractivity contribution in [1.82, 2.24) is 20.2 Å². The van der Waals surface area contributed by atoms with Gasteiger partial charge in [0.1, 0.15) is 29.3 Å². The Morgan fingerprint density at radius 1 is 0.924 bits per heavy atom. The lowest BCUT2D eigenvalue weighted by Crippen LogP contribution is -2.52. The van der Waals surface area contributed by atoms with Gasteiger partial charge in [0.2, 0.25) is 23.6 Å². The number of hydrogen-bond acceptors (Lipinski definition) is 11. The molecular formula is C50H58BrN7O8. The first-order chi connectivity index (χ1) is 31.9. The van der Waals surface area contributed by atoms with Crippen LogP contribution in [0.4, 0.5) is 17.2 Å². The first-order valence-corrected chi connectivity index (χ1v) is 23.7. The number of carbonyl (C=O) groups excluding carboxylic acids is 6. The number of unbranched alkanes of at least 4 members (excludes halogenated alkanes) is 5. The Hall–Kier alpha value is -6.00. The van der Waals surface area contributed by atoms with E-state index in [0.29, 0.717) is 97.3 Å². The van der Waals surface area contributed by atoms with Crippen LogP contribution < -0.4 is 25.2 Å². The van der Waals surface area contributed by atoms with E-state index in [4.69, 9.17) is 14.5 Å². The van der Waals surface area contributed by atoms with Gasteiger partial charge in [0.25, 0.3) is 5.91 Å². The Balaban J connectivity index is 0.781. The van der Waals surface area contributed by atoms with Crippen LogP contribution in [-0.4, -0.2) is 89.6 Å². The number of anilines is 3. The summed E-state index contributed by atoms with van der Waals surface area (Å²) in [6, 6.07) is 17.7. The van der Waals surface area contributed by atoms with E-state index in [-0.39, 0.29) is 54.8 Å². The van der Waals surface area contributed by atoms with E-state index in [1.807, 2.05) is 43.3 Å². The number of methoxy groups -OCH3 is 1. The van der Waals surface area contributed by atoms with Gasteiger partial charge >= 0.3 is 0 Å². The van der Waals surface area contributed by atoms with Crippen molar-refractivity contribution in [2.24, 2.45) is 0 Å². The van der Waals surface area contributed by atoms with E-state index < -0.39 is 11.9 Å². The molecule has 0 radical (unpaired) electrons. The van der Waals surface area contributed by atoms with Crippen molar-refractivity contribution in [2.75, 3.05) is 42.5 Å². The molecule has 3 aliphatic heterocycles. The first-order valence-electron chi connectivity index (χ1n) is 22.9. The van der Waals surface area contributed by atoms with E-state index in [9.17, 15) is 28.8 Å². The average Bonchev–Trinajstić information content (AvgIpc) is 3.65. The number of Topliss-reactive ketones (excluding diaryl/α,β-unsaturated/α-hetero) is 1. The van der Waals surface area contributed by atoms with Crippen molar-refractivity contribution in [3.63, 3.8) is 0 Å². The number of benzene rings is 3. The normalized spacial score (nSPS) is 16.9. The molecule has 1 saturated heterocycles. The van der Waals surface area contributed by atoms with Gasteiger partial charge in [-0.15, -0.1) is 0 Å². The number of amides is 5. The van der Waals surface area contributed by atoms with Gasteiger partial charge in [-0.05, 0) is 68.0 Å². The van der Waals surface area contributed by atoms with Gasteiger partial charge in [-0.25, -0.2) is 9.97 Å². The molecule has 1 aromatic heterocycles. The molecule has 1 fully saturated rings. The van der Waals surface area contributed by atoms with Crippen molar-refractivity contribution in [2.45, 2.75) is 116 Å². The maximum absolute atomic E-state index is 13.4. The van der Waals surface area contributed by atoms with E-state index in [0.717, 1.165) is 54.1 Å². The number of nitrogens with zero attached hydrogens (tertiary/aromatic N) is 5. The highest BCUT2D eigenvalue weighted by Gasteiger charge is 2.40. The summed E-state index contributed by atoms with van der Waals surface area (Å²) in [6.07, 6.45) is 10.2. The van der Waals surface area contributed by atoms with Gasteiger partial charge in [-0.1, -0.05) is 78.9 Å². The molecule has 2 atom stereocenters. The standard InChI is InChI=1S/C50H58BrN7O8/c1-4-39-50(64)56(2)41-29-52-44(54-47(41)57(39)30-32-17-21-35(51)22-18-32)28-34-20-19-33(27-43(34)65-3)42(59)15-12-26-66-25-10-8-6-5-7-9-16-45(60)53-38-14-11-13-36-37(38)31-58(49(36)63)40-23-24-46(61)55-48(40)62/h11,13-14,17-22,27,29,39-40H,4-10,12,15-16,23-26,28,30-31H2,1-3H3,(H,53,60)(H,55,61,62)/t39-,40?/m1/s1. The SMILES string of the molecule is CC[C@@H]1C(=O)N(C)c2cnc(Cc3ccc(C(=O)CCCOCCCCCCCCC(=O)Nc4cccc5c4CN(C4CCC(=O)NC4=O)C5=O)cc3OC)nc2N1Cc1ccc(Br)cc1. The van der Waals surface area contributed by atoms with Crippen LogP contribution >= 0.6 is 15.9 Å². The molecule has 2 N–H and O–H groups in total. The van der Waals surface area contributed by atoms with Crippen LogP contribution in [0.1, 0.15) is 127 Å². The molecule has 1 unspecified atom stereocenters. The molecule has 3 aromatic carbocycles. The molecule has 7 rings (SSSR count). The number of halogens is 1. The molecule has 3 aliphatic rings. The maximum atomic E-state index is 13.4. The summed E-state index contributed by atoms with van der Waals surface area (Å²) in [6.45, 7) is 3.86. The number of piperidine rings is 1. The highest BCUT2D eigenvalue weighted by Crippen LogP contribution is 2.37. The Morgan fingerprint density at radius 2 is 1.68 bits per heavy atom. The van der Waals surface area contributed by atoms with E-state index in [2.05, 4.69) is 36.4 Å². The monoisotopic (exact) mass is 963 g/mol. The second-order valence-corrected chi connectivity index (χ2v) is 18.0. The van der Waals surface area contributed by atoms with Gasteiger partial charge < -0.3 is 29.5 Å². The molecule has 0 saturated carbocycles. The lowest BCUT2D eigenvalue weighted by Gasteiger charge is -2.40. The minimum atomic E-state index is -0.706. The van der Waals surface area contributed by atoms with Crippen molar-refractivity contribution < 1.29 is 38.2 Å². The number of imide groups is 1. The molecule has 0 spiro atoms. The van der Waals surface area contributed by atoms with E-state index >= 15 is 0 Å². The minimum absolute atomic E-state index is 0.00766. The fourth-order valence-corrected chi connectivity index (χ4v) is 9.12. The summed E-state index contributed by atoms with van der Waals surface area (Å²) in [5, 5.41) is 5.27. The van der Waals surface area contributed by atoms with Gasteiger partial charge in [0.05, 0.1) is 13.3 Å². The molecule has 15 nitrogen and oxygen atoms in total. The second kappa shape index (κ2) is 22.5. The molecule has 0 bridgehead atoms. The van der Waals surface area contributed by atoms with Crippen LogP contribution in [-0.2, 0) is 43.4 Å². The molecule has 0 aliphatic carbocycles. The van der Waals surface area contributed by atoms with E-state index in [1.165, 1.54) is 4.90 Å². The van der Waals surface area contributed by atoms with Crippen LogP contribution in [0.25, 0.3) is 0 Å². The summed E-state index contributed by atoms with van der Waals surface area (Å²) in [4.78, 5) is 91.2. The highest BCUT2D eigenvalue weighted by molar-refractivity contribution is 9.10. The Bertz CT molecular complexity index is 2450. The predicted octanol–water partition coefficient (Wildman–Crippen LogP) is 7.71. The van der Waals surface area contributed by atoms with Gasteiger partial charge in [-0.3, -0.25) is 34.1 Å². The zero-order valence-corrected chi connectivity index (χ0v) is 39.5. The second-order valence-electron chi connectivity index (χ2n) is 17.1. The summed E-state index contributed by atoms with van der Waals surface area (Å²) in [7, 11) is 3.35. The maximum Gasteiger partial charge on any atom is 0.255 e. The molecule has 348 valence electrons. The summed E-state index contributed by atoms with van der Waals surface area (Å²) >= 11 is 3.51. The topological polar surface area (TPSA) is 180 Å². The van der Waals surface area contributed by atoms with Crippen LogP contribution in [0.15, 0.2) is 71.3 Å². The summed E-state index contributed by atoms with van der Waals surface area (Å²) < 4.78 is 12.6. The number of fused-ring (bicyclic) bond motifs is 2. The van der Waals surface area contributed by atoms with Crippen LogP contribution in [0.2, 0.25) is 0 Å². The Morgan fingerprint density at radius 3 is 2.44 bits per heavy atom. The number of hydrogen-bond donors (Lipinski definition) is 2. The fourth-order valence-electron chi connectivity index (χ4n) is 8.85. The Labute approximate surface area is 394 Å². The molecule has 4 heterocycles. The number of ether oxygens (including phenoxy) is 2. The van der Waals surface area contributed by atoms with Crippen LogP contribution in [0, 0.1) is 0 Å². The largest absolute Gasteiger partial charge is 0.496 e. The number of rotatable bonds is 22. The van der Waals surface area contributed by atoms with Crippen molar-refractivity contribution in [1.29, 1.82) is 0 Å². The summed E-state index contributed by atoms with van der Waals surface area (Å²) in [5.41, 5.74) is 4.89. The molecular weight excluding hydrogens is 906 g/mol. The average molecular weight is 965 g/mol. The lowest BCUT2D eigenvalue weighted by atomic mass is 10.0. The number of aromatic nitrogens is 2. The van der Waals surface area contributed by atoms with Crippen molar-refractivity contribution in [3.05, 3.63) is 105 Å². The predicted molar refractivity (Wildman–Crippen MR) is 253 cm³/mol. The zero-order valence-electron chi connectivity index (χ0n) is 37.9. The zero-order chi connectivity index (χ0) is 46.7. The number of likely N-dealkylation sites (N-methyl/N-ethyl adjacent to an activating group) is 1. The molecule has 4 aromatic rings. The third-order valence-electron chi connectivity index (χ3n) is 12.5. The van der Waals surface area contributed by atoms with Crippen molar-refractivity contribution in [3.8, 4) is 5.75 Å². The minimum Gasteiger partial charge on any atom is -0.496 e. The smallest absolute Gasteiger partial charge is 0.255 e. The van der Waals surface area contributed by atoms with Crippen LogP contribution in [0.5, 0.6) is 5.75 Å². The molecule has 66 heavy (non-hydrogen) atoms. The van der Waals surface area contributed by atoms with Crippen LogP contribution in [0.3, 0.4) is 0 Å². The molecule has 5 amide bonds. The first kappa shape index (κ1) is 47.9. The fraction of sp³-hybridized carbons (Fsp3) is 0.440. The van der Waals surface area contributed by atoms with E-state index in [1.54, 1.807) is 49.5 Å². The van der Waals surface area contributed by atoms with Crippen molar-refractivity contribution >= 4 is 68.4 Å². The number of nitrogens with one attached hydrogen (secondary N) is 2.